The fraction of sp³-hybridized carbons (Fsp3) is 0. The number of halogens is 1. The normalized spacial score (nSPS) is 10.2. The molecule has 76 valence electrons. The van der Waals surface area contributed by atoms with E-state index in [9.17, 15) is 9.18 Å². The van der Waals surface area contributed by atoms with Gasteiger partial charge in [0.15, 0.2) is 0 Å². The lowest BCUT2D eigenvalue weighted by atomic mass is 10.2. The Balaban J connectivity index is 2.40. The molecular weight excluding hydrogens is 199 g/mol. The van der Waals surface area contributed by atoms with Crippen molar-refractivity contribution in [2.45, 2.75) is 0 Å². The van der Waals surface area contributed by atoms with Crippen LogP contribution in [0.5, 0.6) is 0 Å². The number of carboxylic acid groups (broad SMARTS) is 1. The monoisotopic (exact) mass is 206 g/mol. The maximum absolute atomic E-state index is 13.1. The largest absolute Gasteiger partial charge is 0.478 e. The second-order valence-electron chi connectivity index (χ2n) is 2.92. The highest BCUT2D eigenvalue weighted by atomic mass is 19.1. The van der Waals surface area contributed by atoms with Gasteiger partial charge < -0.3 is 5.11 Å². The summed E-state index contributed by atoms with van der Waals surface area (Å²) in [5, 5.41) is 12.4. The number of aromatic nitrogens is 2. The highest BCUT2D eigenvalue weighted by Crippen LogP contribution is 2.10. The Morgan fingerprint density at radius 1 is 1.27 bits per heavy atom. The minimum atomic E-state index is -1.01. The molecule has 0 saturated heterocycles. The Bertz CT molecular complexity index is 490. The minimum Gasteiger partial charge on any atom is -0.478 e. The van der Waals surface area contributed by atoms with E-state index in [0.717, 1.165) is 4.68 Å². The van der Waals surface area contributed by atoms with Crippen LogP contribution in [-0.4, -0.2) is 20.9 Å². The molecule has 0 saturated carbocycles. The second kappa shape index (κ2) is 3.53. The van der Waals surface area contributed by atoms with E-state index < -0.39 is 11.9 Å². The van der Waals surface area contributed by atoms with E-state index in [1.54, 1.807) is 0 Å². The van der Waals surface area contributed by atoms with E-state index in [1.807, 2.05) is 0 Å². The third kappa shape index (κ3) is 1.71. The van der Waals surface area contributed by atoms with E-state index >= 15 is 0 Å². The van der Waals surface area contributed by atoms with Crippen LogP contribution in [0.3, 0.4) is 0 Å². The second-order valence-corrected chi connectivity index (χ2v) is 2.92. The zero-order valence-corrected chi connectivity index (χ0v) is 7.59. The van der Waals surface area contributed by atoms with Gasteiger partial charge in [-0.05, 0) is 24.3 Å². The fourth-order valence-electron chi connectivity index (χ4n) is 1.22. The van der Waals surface area contributed by atoms with Gasteiger partial charge in [-0.1, -0.05) is 0 Å². The summed E-state index contributed by atoms with van der Waals surface area (Å²) < 4.78 is 14.2. The molecule has 0 spiro atoms. The van der Waals surface area contributed by atoms with Crippen LogP contribution in [0.4, 0.5) is 4.39 Å². The standard InChI is InChI=1S/C10H7FN2O2/c11-9-5-6-12-13(9)8-3-1-7(2-4-8)10(14)15/h1-6H,(H,14,15). The van der Waals surface area contributed by atoms with Gasteiger partial charge in [-0.25, -0.2) is 9.48 Å². The summed E-state index contributed by atoms with van der Waals surface area (Å²) in [7, 11) is 0. The van der Waals surface area contributed by atoms with Crippen LogP contribution in [-0.2, 0) is 0 Å². The van der Waals surface area contributed by atoms with Gasteiger partial charge in [-0.2, -0.15) is 9.49 Å². The van der Waals surface area contributed by atoms with E-state index in [-0.39, 0.29) is 5.56 Å². The Morgan fingerprint density at radius 3 is 2.40 bits per heavy atom. The van der Waals surface area contributed by atoms with Crippen molar-refractivity contribution in [1.29, 1.82) is 0 Å². The third-order valence-corrected chi connectivity index (χ3v) is 1.96. The molecule has 0 aliphatic heterocycles. The summed E-state index contributed by atoms with van der Waals surface area (Å²) >= 11 is 0. The number of aromatic carboxylic acids is 1. The van der Waals surface area contributed by atoms with Crippen molar-refractivity contribution >= 4 is 5.97 Å². The smallest absolute Gasteiger partial charge is 0.335 e. The number of rotatable bonds is 2. The van der Waals surface area contributed by atoms with E-state index in [0.29, 0.717) is 5.69 Å². The van der Waals surface area contributed by atoms with Crippen LogP contribution in [0.2, 0.25) is 0 Å². The summed E-state index contributed by atoms with van der Waals surface area (Å²) in [5.41, 5.74) is 0.647. The molecule has 1 heterocycles. The third-order valence-electron chi connectivity index (χ3n) is 1.96. The molecular formula is C10H7FN2O2. The van der Waals surface area contributed by atoms with Gasteiger partial charge in [-0.3, -0.25) is 0 Å². The molecule has 2 rings (SSSR count). The number of hydrogen-bond acceptors (Lipinski definition) is 2. The fourth-order valence-corrected chi connectivity index (χ4v) is 1.22. The predicted molar refractivity (Wildman–Crippen MR) is 50.5 cm³/mol. The molecule has 15 heavy (non-hydrogen) atoms. The van der Waals surface area contributed by atoms with Gasteiger partial charge in [0.1, 0.15) is 0 Å². The quantitative estimate of drug-likeness (QED) is 0.813. The first-order valence-electron chi connectivity index (χ1n) is 4.22. The van der Waals surface area contributed by atoms with Gasteiger partial charge in [0.05, 0.1) is 17.4 Å². The molecule has 0 bridgehead atoms. The molecule has 1 aromatic carbocycles. The first-order chi connectivity index (χ1) is 7.18. The molecule has 0 radical (unpaired) electrons. The lowest BCUT2D eigenvalue weighted by Gasteiger charge is -2.01. The van der Waals surface area contributed by atoms with Gasteiger partial charge >= 0.3 is 5.97 Å². The van der Waals surface area contributed by atoms with Crippen molar-refractivity contribution in [3.8, 4) is 5.69 Å². The number of nitrogens with zero attached hydrogens (tertiary/aromatic N) is 2. The molecule has 0 unspecified atom stereocenters. The highest BCUT2D eigenvalue weighted by Gasteiger charge is 2.05. The van der Waals surface area contributed by atoms with Crippen molar-refractivity contribution < 1.29 is 14.3 Å². The number of carbonyl (C=O) groups is 1. The lowest BCUT2D eigenvalue weighted by molar-refractivity contribution is 0.0697. The van der Waals surface area contributed by atoms with Gasteiger partial charge in [0.2, 0.25) is 5.95 Å². The van der Waals surface area contributed by atoms with Crippen LogP contribution in [0.15, 0.2) is 36.5 Å². The Kier molecular flexibility index (Phi) is 2.21. The van der Waals surface area contributed by atoms with Crippen molar-refractivity contribution in [3.05, 3.63) is 48.0 Å². The Labute approximate surface area is 84.6 Å². The molecule has 1 aromatic heterocycles. The lowest BCUT2D eigenvalue weighted by Crippen LogP contribution is -2.01. The highest BCUT2D eigenvalue weighted by molar-refractivity contribution is 5.87. The summed E-state index contributed by atoms with van der Waals surface area (Å²) in [5.74, 6) is -1.50. The Morgan fingerprint density at radius 2 is 1.93 bits per heavy atom. The van der Waals surface area contributed by atoms with Gasteiger partial charge in [0.25, 0.3) is 0 Å². The van der Waals surface area contributed by atoms with E-state index in [1.165, 1.54) is 36.5 Å². The molecule has 0 atom stereocenters. The first-order valence-corrected chi connectivity index (χ1v) is 4.22. The summed E-state index contributed by atoms with van der Waals surface area (Å²) in [4.78, 5) is 10.6. The summed E-state index contributed by atoms with van der Waals surface area (Å²) in [6.45, 7) is 0. The SMILES string of the molecule is O=C(O)c1ccc(-n2nccc2F)cc1. The van der Waals surface area contributed by atoms with Crippen LogP contribution >= 0.6 is 0 Å². The molecule has 5 heteroatoms. The molecule has 2 aromatic rings. The van der Waals surface area contributed by atoms with E-state index in [2.05, 4.69) is 5.10 Å². The molecule has 0 aliphatic carbocycles. The van der Waals surface area contributed by atoms with Crippen LogP contribution in [0.1, 0.15) is 10.4 Å². The van der Waals surface area contributed by atoms with Crippen LogP contribution < -0.4 is 0 Å². The molecule has 0 aliphatic rings. The van der Waals surface area contributed by atoms with Crippen molar-refractivity contribution in [2.24, 2.45) is 0 Å². The molecule has 0 amide bonds. The minimum absolute atomic E-state index is 0.159. The first kappa shape index (κ1) is 9.39. The number of carboxylic acids is 1. The van der Waals surface area contributed by atoms with Crippen molar-refractivity contribution in [3.63, 3.8) is 0 Å². The molecule has 4 nitrogen and oxygen atoms in total. The predicted octanol–water partition coefficient (Wildman–Crippen LogP) is 1.71. The van der Waals surface area contributed by atoms with Crippen LogP contribution in [0, 0.1) is 5.95 Å². The molecule has 0 fully saturated rings. The average molecular weight is 206 g/mol. The topological polar surface area (TPSA) is 55.1 Å². The van der Waals surface area contributed by atoms with Crippen molar-refractivity contribution in [2.75, 3.05) is 0 Å². The van der Waals surface area contributed by atoms with Gasteiger partial charge in [-0.15, -0.1) is 0 Å². The maximum Gasteiger partial charge on any atom is 0.335 e. The maximum atomic E-state index is 13.1. The average Bonchev–Trinajstić information content (AvgIpc) is 2.65. The van der Waals surface area contributed by atoms with Crippen molar-refractivity contribution in [1.82, 2.24) is 9.78 Å². The van der Waals surface area contributed by atoms with E-state index in [4.69, 9.17) is 5.11 Å². The van der Waals surface area contributed by atoms with Crippen LogP contribution in [0.25, 0.3) is 5.69 Å². The number of benzene rings is 1. The summed E-state index contributed by atoms with van der Waals surface area (Å²) in [6.07, 6.45) is 1.33. The van der Waals surface area contributed by atoms with Gasteiger partial charge in [0, 0.05) is 6.07 Å². The number of hydrogen-bond donors (Lipinski definition) is 1. The summed E-state index contributed by atoms with van der Waals surface area (Å²) in [6, 6.07) is 7.03. The zero-order valence-electron chi connectivity index (χ0n) is 7.59. The zero-order chi connectivity index (χ0) is 10.8. The molecule has 1 N–H and O–H groups in total. The Hall–Kier alpha value is -2.17.